The fourth-order valence-corrected chi connectivity index (χ4v) is 6.17. The van der Waals surface area contributed by atoms with E-state index in [2.05, 4.69) is 27.1 Å². The number of thiophene rings is 1. The van der Waals surface area contributed by atoms with Crippen LogP contribution in [0.4, 0.5) is 0 Å². The van der Waals surface area contributed by atoms with Gasteiger partial charge in [0.15, 0.2) is 0 Å². The molecule has 0 unspecified atom stereocenters. The molecule has 1 aromatic heterocycles. The summed E-state index contributed by atoms with van der Waals surface area (Å²) in [5.74, 6) is 0.412. The minimum Gasteiger partial charge on any atom is -0.298 e. The zero-order valence-corrected chi connectivity index (χ0v) is 17.4. The molecule has 1 aliphatic rings. The van der Waals surface area contributed by atoms with Gasteiger partial charge in [-0.1, -0.05) is 23.8 Å². The van der Waals surface area contributed by atoms with E-state index >= 15 is 0 Å². The monoisotopic (exact) mass is 392 g/mol. The number of aryl methyl sites for hydroxylation is 3. The molecule has 0 atom stereocenters. The normalized spacial score (nSPS) is 16.9. The van der Waals surface area contributed by atoms with Gasteiger partial charge in [-0.15, -0.1) is 11.3 Å². The van der Waals surface area contributed by atoms with Crippen LogP contribution in [0.1, 0.15) is 34.4 Å². The second-order valence-corrected chi connectivity index (χ2v) is 10.1. The molecule has 1 aromatic carbocycles. The van der Waals surface area contributed by atoms with Gasteiger partial charge < -0.3 is 0 Å². The topological polar surface area (TPSA) is 49.4 Å². The molecule has 1 saturated heterocycles. The summed E-state index contributed by atoms with van der Waals surface area (Å²) in [7, 11) is -3.45. The third-order valence-corrected chi connectivity index (χ3v) is 7.69. The maximum atomic E-state index is 12.8. The van der Waals surface area contributed by atoms with Crippen molar-refractivity contribution in [2.24, 2.45) is 5.92 Å². The molecule has 0 saturated carbocycles. The van der Waals surface area contributed by atoms with Crippen molar-refractivity contribution >= 4 is 21.4 Å². The molecule has 0 amide bonds. The first-order chi connectivity index (χ1) is 12.3. The lowest BCUT2D eigenvalue weighted by atomic mass is 9.97. The average Bonchev–Trinajstić information content (AvgIpc) is 3.06. The Labute approximate surface area is 161 Å². The van der Waals surface area contributed by atoms with E-state index < -0.39 is 10.0 Å². The lowest BCUT2D eigenvalue weighted by molar-refractivity contribution is 0.180. The van der Waals surface area contributed by atoms with Crippen molar-refractivity contribution in [3.05, 3.63) is 51.2 Å². The molecule has 6 heteroatoms. The number of sulfonamides is 1. The molecular formula is C20H28N2O2S2. The summed E-state index contributed by atoms with van der Waals surface area (Å²) in [6.45, 7) is 9.35. The SMILES string of the molecule is Cc1cc(C)c(S(=O)(=O)NCC2CCN(Cc3cccs3)CC2)c(C)c1. The molecule has 1 N–H and O–H groups in total. The Kier molecular flexibility index (Phi) is 6.17. The molecule has 4 nitrogen and oxygen atoms in total. The van der Waals surface area contributed by atoms with E-state index in [4.69, 9.17) is 0 Å². The summed E-state index contributed by atoms with van der Waals surface area (Å²) >= 11 is 1.80. The van der Waals surface area contributed by atoms with Crippen LogP contribution in [0.5, 0.6) is 0 Å². The van der Waals surface area contributed by atoms with Crippen molar-refractivity contribution < 1.29 is 8.42 Å². The van der Waals surface area contributed by atoms with Crippen LogP contribution in [0.15, 0.2) is 34.5 Å². The molecule has 0 spiro atoms. The highest BCUT2D eigenvalue weighted by atomic mass is 32.2. The highest BCUT2D eigenvalue weighted by Gasteiger charge is 2.24. The van der Waals surface area contributed by atoms with Gasteiger partial charge in [-0.25, -0.2) is 13.1 Å². The second-order valence-electron chi connectivity index (χ2n) is 7.38. The average molecular weight is 393 g/mol. The molecular weight excluding hydrogens is 364 g/mol. The number of hydrogen-bond donors (Lipinski definition) is 1. The standard InChI is InChI=1S/C20H28N2O2S2/c1-15-11-16(2)20(17(3)12-15)26(23,24)21-13-18-6-8-22(9-7-18)14-19-5-4-10-25-19/h4-5,10-12,18,21H,6-9,13-14H2,1-3H3. The van der Waals surface area contributed by atoms with Crippen molar-refractivity contribution in [1.29, 1.82) is 0 Å². The largest absolute Gasteiger partial charge is 0.298 e. The van der Waals surface area contributed by atoms with Gasteiger partial charge in [-0.05, 0) is 75.2 Å². The quantitative estimate of drug-likeness (QED) is 0.812. The third kappa shape index (κ3) is 4.74. The Balaban J connectivity index is 1.55. The maximum Gasteiger partial charge on any atom is 0.241 e. The molecule has 2 heterocycles. The number of nitrogens with one attached hydrogen (secondary N) is 1. The number of likely N-dealkylation sites (tertiary alicyclic amines) is 1. The minimum atomic E-state index is -3.45. The van der Waals surface area contributed by atoms with Crippen molar-refractivity contribution in [2.75, 3.05) is 19.6 Å². The van der Waals surface area contributed by atoms with Crippen LogP contribution >= 0.6 is 11.3 Å². The highest BCUT2D eigenvalue weighted by molar-refractivity contribution is 7.89. The summed E-state index contributed by atoms with van der Waals surface area (Å²) in [5, 5.41) is 2.12. The van der Waals surface area contributed by atoms with E-state index in [1.165, 1.54) is 4.88 Å². The fourth-order valence-electron chi connectivity index (χ4n) is 3.86. The van der Waals surface area contributed by atoms with Gasteiger partial charge >= 0.3 is 0 Å². The Morgan fingerprint density at radius 2 is 1.81 bits per heavy atom. The molecule has 142 valence electrons. The zero-order valence-electron chi connectivity index (χ0n) is 15.8. The van der Waals surface area contributed by atoms with Crippen molar-refractivity contribution in [3.63, 3.8) is 0 Å². The van der Waals surface area contributed by atoms with E-state index in [0.29, 0.717) is 17.4 Å². The van der Waals surface area contributed by atoms with Crippen LogP contribution in [0.25, 0.3) is 0 Å². The second kappa shape index (κ2) is 8.21. The zero-order chi connectivity index (χ0) is 18.7. The van der Waals surface area contributed by atoms with Gasteiger partial charge in [-0.3, -0.25) is 4.90 Å². The third-order valence-electron chi connectivity index (χ3n) is 5.10. The Morgan fingerprint density at radius 1 is 1.15 bits per heavy atom. The predicted molar refractivity (Wildman–Crippen MR) is 108 cm³/mol. The van der Waals surface area contributed by atoms with E-state index in [9.17, 15) is 8.42 Å². The maximum absolute atomic E-state index is 12.8. The molecule has 1 aliphatic heterocycles. The summed E-state index contributed by atoms with van der Waals surface area (Å²) in [6, 6.07) is 8.14. The molecule has 0 bridgehead atoms. The molecule has 0 aliphatic carbocycles. The van der Waals surface area contributed by atoms with E-state index in [0.717, 1.165) is 49.2 Å². The summed E-state index contributed by atoms with van der Waals surface area (Å²) in [5.41, 5.74) is 2.73. The van der Waals surface area contributed by atoms with Crippen molar-refractivity contribution in [2.45, 2.75) is 45.1 Å². The molecule has 3 rings (SSSR count). The lowest BCUT2D eigenvalue weighted by Gasteiger charge is -2.31. The minimum absolute atomic E-state index is 0.412. The first-order valence-corrected chi connectivity index (χ1v) is 11.5. The number of hydrogen-bond acceptors (Lipinski definition) is 4. The summed E-state index contributed by atoms with van der Waals surface area (Å²) in [6.07, 6.45) is 2.08. The fraction of sp³-hybridized carbons (Fsp3) is 0.500. The Morgan fingerprint density at radius 3 is 2.38 bits per heavy atom. The van der Waals surface area contributed by atoms with Crippen LogP contribution in [0.2, 0.25) is 0 Å². The van der Waals surface area contributed by atoms with Crippen LogP contribution in [-0.4, -0.2) is 33.0 Å². The predicted octanol–water partition coefficient (Wildman–Crippen LogP) is 3.86. The molecule has 2 aromatic rings. The van der Waals surface area contributed by atoms with Gasteiger partial charge in [0.05, 0.1) is 4.90 Å². The van der Waals surface area contributed by atoms with Gasteiger partial charge in [-0.2, -0.15) is 0 Å². The van der Waals surface area contributed by atoms with Crippen molar-refractivity contribution in [1.82, 2.24) is 9.62 Å². The number of nitrogens with zero attached hydrogens (tertiary/aromatic N) is 1. The first kappa shape index (κ1) is 19.5. The highest BCUT2D eigenvalue weighted by Crippen LogP contribution is 2.23. The van der Waals surface area contributed by atoms with E-state index in [1.807, 2.05) is 32.9 Å². The first-order valence-electron chi connectivity index (χ1n) is 9.17. The summed E-state index contributed by atoms with van der Waals surface area (Å²) < 4.78 is 28.4. The van der Waals surface area contributed by atoms with Crippen LogP contribution in [0.3, 0.4) is 0 Å². The van der Waals surface area contributed by atoms with Crippen LogP contribution < -0.4 is 4.72 Å². The number of rotatable bonds is 6. The summed E-state index contributed by atoms with van der Waals surface area (Å²) in [4.78, 5) is 4.30. The van der Waals surface area contributed by atoms with Crippen molar-refractivity contribution in [3.8, 4) is 0 Å². The Bertz CT molecular complexity index is 814. The smallest absolute Gasteiger partial charge is 0.241 e. The molecule has 1 fully saturated rings. The van der Waals surface area contributed by atoms with Crippen LogP contribution in [-0.2, 0) is 16.6 Å². The number of piperidine rings is 1. The van der Waals surface area contributed by atoms with Crippen LogP contribution in [0, 0.1) is 26.7 Å². The van der Waals surface area contributed by atoms with Gasteiger partial charge in [0.25, 0.3) is 0 Å². The lowest BCUT2D eigenvalue weighted by Crippen LogP contribution is -2.38. The Hall–Kier alpha value is -1.21. The van der Waals surface area contributed by atoms with Gasteiger partial charge in [0, 0.05) is 18.0 Å². The van der Waals surface area contributed by atoms with E-state index in [1.54, 1.807) is 11.3 Å². The van der Waals surface area contributed by atoms with E-state index in [-0.39, 0.29) is 0 Å². The van der Waals surface area contributed by atoms with Gasteiger partial charge in [0.2, 0.25) is 10.0 Å². The van der Waals surface area contributed by atoms with Gasteiger partial charge in [0.1, 0.15) is 0 Å². The number of benzene rings is 1. The molecule has 0 radical (unpaired) electrons. The molecule has 26 heavy (non-hydrogen) atoms.